The molecule has 1 amide bonds. The molecule has 0 radical (unpaired) electrons. The maximum atomic E-state index is 11.9. The van der Waals surface area contributed by atoms with Crippen LogP contribution in [0.3, 0.4) is 0 Å². The zero-order valence-electron chi connectivity index (χ0n) is 11.3. The highest BCUT2D eigenvalue weighted by Gasteiger charge is 2.21. The number of amides is 1. The fraction of sp³-hybridized carbons (Fsp3) is 0.125. The number of carbonyl (C=O) groups is 1. The van der Waals surface area contributed by atoms with Crippen molar-refractivity contribution in [2.45, 2.75) is 13.8 Å². The van der Waals surface area contributed by atoms with E-state index in [1.807, 2.05) is 50.2 Å². The molecule has 1 N–H and O–H groups in total. The number of amidine groups is 1. The van der Waals surface area contributed by atoms with Crippen molar-refractivity contribution < 1.29 is 9.21 Å². The van der Waals surface area contributed by atoms with Crippen LogP contribution >= 0.6 is 0 Å². The molecule has 100 valence electrons. The van der Waals surface area contributed by atoms with E-state index >= 15 is 0 Å². The second-order valence-electron chi connectivity index (χ2n) is 4.76. The van der Waals surface area contributed by atoms with Crippen LogP contribution in [0.25, 0.3) is 6.08 Å². The molecule has 0 fully saturated rings. The lowest BCUT2D eigenvalue weighted by Gasteiger charge is -2.00. The first kappa shape index (κ1) is 12.4. The summed E-state index contributed by atoms with van der Waals surface area (Å²) in [5.74, 6) is 1.79. The molecule has 0 bridgehead atoms. The summed E-state index contributed by atoms with van der Waals surface area (Å²) in [6.07, 6.45) is 1.64. The average Bonchev–Trinajstić information content (AvgIpc) is 2.98. The molecule has 0 unspecified atom stereocenters. The number of rotatable bonds is 2. The summed E-state index contributed by atoms with van der Waals surface area (Å²) in [5.41, 5.74) is 2.42. The second-order valence-corrected chi connectivity index (χ2v) is 4.76. The Bertz CT molecular complexity index is 721. The third-order valence-corrected chi connectivity index (χ3v) is 3.06. The molecule has 1 aromatic heterocycles. The van der Waals surface area contributed by atoms with Crippen LogP contribution in [0.15, 0.2) is 51.5 Å². The Balaban J connectivity index is 1.92. The second kappa shape index (κ2) is 4.81. The number of benzene rings is 1. The van der Waals surface area contributed by atoms with E-state index in [1.165, 1.54) is 5.56 Å². The fourth-order valence-corrected chi connectivity index (χ4v) is 1.98. The molecule has 2 aromatic rings. The largest absolute Gasteiger partial charge is 0.462 e. The van der Waals surface area contributed by atoms with Crippen LogP contribution in [0.4, 0.5) is 0 Å². The Morgan fingerprint density at radius 3 is 2.50 bits per heavy atom. The Kier molecular flexibility index (Phi) is 2.99. The van der Waals surface area contributed by atoms with Gasteiger partial charge in [-0.25, -0.2) is 4.99 Å². The summed E-state index contributed by atoms with van der Waals surface area (Å²) in [7, 11) is 0. The van der Waals surface area contributed by atoms with Crippen LogP contribution in [0.5, 0.6) is 0 Å². The van der Waals surface area contributed by atoms with Crippen molar-refractivity contribution in [2.24, 2.45) is 4.99 Å². The zero-order valence-corrected chi connectivity index (χ0v) is 11.3. The Labute approximate surface area is 116 Å². The van der Waals surface area contributed by atoms with Gasteiger partial charge in [0.15, 0.2) is 0 Å². The lowest BCUT2D eigenvalue weighted by molar-refractivity contribution is -0.115. The van der Waals surface area contributed by atoms with Gasteiger partial charge in [0.2, 0.25) is 0 Å². The Morgan fingerprint density at radius 1 is 1.10 bits per heavy atom. The van der Waals surface area contributed by atoms with Gasteiger partial charge in [-0.3, -0.25) is 4.79 Å². The van der Waals surface area contributed by atoms with Crippen molar-refractivity contribution in [3.05, 3.63) is 64.7 Å². The van der Waals surface area contributed by atoms with E-state index in [4.69, 9.17) is 4.42 Å². The van der Waals surface area contributed by atoms with Gasteiger partial charge >= 0.3 is 0 Å². The first-order valence-corrected chi connectivity index (χ1v) is 6.37. The van der Waals surface area contributed by atoms with Gasteiger partial charge in [0.25, 0.3) is 5.91 Å². The summed E-state index contributed by atoms with van der Waals surface area (Å²) in [6.45, 7) is 3.88. The minimum Gasteiger partial charge on any atom is -0.462 e. The Morgan fingerprint density at radius 2 is 1.85 bits per heavy atom. The van der Waals surface area contributed by atoms with E-state index in [0.29, 0.717) is 17.3 Å². The number of aryl methyl sites for hydroxylation is 2. The molecular weight excluding hydrogens is 252 g/mol. The van der Waals surface area contributed by atoms with Gasteiger partial charge in [-0.15, -0.1) is 0 Å². The van der Waals surface area contributed by atoms with Gasteiger partial charge in [0, 0.05) is 11.6 Å². The molecule has 4 nitrogen and oxygen atoms in total. The molecule has 1 aliphatic heterocycles. The number of nitrogens with one attached hydrogen (secondary N) is 1. The molecule has 0 saturated heterocycles. The van der Waals surface area contributed by atoms with Crippen LogP contribution in [0.1, 0.15) is 22.6 Å². The van der Waals surface area contributed by atoms with E-state index in [0.717, 1.165) is 11.3 Å². The number of furan rings is 1. The van der Waals surface area contributed by atoms with Crippen molar-refractivity contribution in [3.8, 4) is 0 Å². The van der Waals surface area contributed by atoms with Crippen LogP contribution in [0.2, 0.25) is 0 Å². The maximum absolute atomic E-state index is 11.9. The lowest BCUT2D eigenvalue weighted by atomic mass is 10.1. The van der Waals surface area contributed by atoms with Crippen molar-refractivity contribution in [1.29, 1.82) is 0 Å². The summed E-state index contributed by atoms with van der Waals surface area (Å²) >= 11 is 0. The van der Waals surface area contributed by atoms with Gasteiger partial charge in [0.05, 0.1) is 0 Å². The quantitative estimate of drug-likeness (QED) is 0.850. The summed E-state index contributed by atoms with van der Waals surface area (Å²) in [5, 5.41) is 2.77. The SMILES string of the molecule is Cc1ccc(C2=NC(=Cc3ccc(C)o3)C(=O)N2)cc1. The molecule has 4 heteroatoms. The normalized spacial score (nSPS) is 16.4. The van der Waals surface area contributed by atoms with Crippen LogP contribution < -0.4 is 5.32 Å². The third kappa shape index (κ3) is 2.40. The molecule has 20 heavy (non-hydrogen) atoms. The molecule has 0 aliphatic carbocycles. The molecule has 0 atom stereocenters. The molecule has 0 spiro atoms. The molecule has 1 aliphatic rings. The van der Waals surface area contributed by atoms with E-state index in [9.17, 15) is 4.79 Å². The molecule has 3 rings (SSSR count). The topological polar surface area (TPSA) is 54.6 Å². The third-order valence-electron chi connectivity index (χ3n) is 3.06. The number of hydrogen-bond acceptors (Lipinski definition) is 3. The zero-order chi connectivity index (χ0) is 14.1. The maximum Gasteiger partial charge on any atom is 0.275 e. The lowest BCUT2D eigenvalue weighted by Crippen LogP contribution is -2.24. The van der Waals surface area contributed by atoms with Gasteiger partial charge < -0.3 is 9.73 Å². The minimum absolute atomic E-state index is 0.213. The highest BCUT2D eigenvalue weighted by molar-refractivity contribution is 6.19. The highest BCUT2D eigenvalue weighted by Crippen LogP contribution is 2.16. The summed E-state index contributed by atoms with van der Waals surface area (Å²) in [4.78, 5) is 16.2. The summed E-state index contributed by atoms with van der Waals surface area (Å²) in [6, 6.07) is 11.5. The first-order valence-electron chi connectivity index (χ1n) is 6.37. The van der Waals surface area contributed by atoms with Crippen molar-refractivity contribution >= 4 is 17.8 Å². The standard InChI is InChI=1S/C16H14N2O2/c1-10-3-6-12(7-4-10)15-17-14(16(19)18-15)9-13-8-5-11(2)20-13/h3-9H,1-2H3,(H,17,18,19). The average molecular weight is 266 g/mol. The molecule has 1 aromatic carbocycles. The van der Waals surface area contributed by atoms with Crippen molar-refractivity contribution in [2.75, 3.05) is 0 Å². The molecule has 0 saturated carbocycles. The van der Waals surface area contributed by atoms with Gasteiger partial charge in [-0.2, -0.15) is 0 Å². The highest BCUT2D eigenvalue weighted by atomic mass is 16.3. The van der Waals surface area contributed by atoms with E-state index in [1.54, 1.807) is 6.08 Å². The van der Waals surface area contributed by atoms with E-state index in [2.05, 4.69) is 10.3 Å². The van der Waals surface area contributed by atoms with Gasteiger partial charge in [-0.1, -0.05) is 29.8 Å². The van der Waals surface area contributed by atoms with Crippen LogP contribution in [-0.4, -0.2) is 11.7 Å². The number of carbonyl (C=O) groups excluding carboxylic acids is 1. The van der Waals surface area contributed by atoms with Crippen molar-refractivity contribution in [1.82, 2.24) is 5.32 Å². The molecule has 2 heterocycles. The fourth-order valence-electron chi connectivity index (χ4n) is 1.98. The number of hydrogen-bond donors (Lipinski definition) is 1. The smallest absolute Gasteiger partial charge is 0.275 e. The Hall–Kier alpha value is -2.62. The van der Waals surface area contributed by atoms with Crippen molar-refractivity contribution in [3.63, 3.8) is 0 Å². The summed E-state index contributed by atoms with van der Waals surface area (Å²) < 4.78 is 5.42. The van der Waals surface area contributed by atoms with E-state index < -0.39 is 0 Å². The first-order chi connectivity index (χ1) is 9.61. The monoisotopic (exact) mass is 266 g/mol. The van der Waals surface area contributed by atoms with Crippen LogP contribution in [-0.2, 0) is 4.79 Å². The number of aliphatic imine (C=N–C) groups is 1. The number of nitrogens with zero attached hydrogens (tertiary/aromatic N) is 1. The minimum atomic E-state index is -0.213. The van der Waals surface area contributed by atoms with E-state index in [-0.39, 0.29) is 5.91 Å². The van der Waals surface area contributed by atoms with Crippen LogP contribution in [0, 0.1) is 13.8 Å². The predicted molar refractivity (Wildman–Crippen MR) is 77.3 cm³/mol. The predicted octanol–water partition coefficient (Wildman–Crippen LogP) is 2.81. The molecular formula is C16H14N2O2. The van der Waals surface area contributed by atoms with Gasteiger partial charge in [0.1, 0.15) is 23.1 Å². The van der Waals surface area contributed by atoms with Gasteiger partial charge in [-0.05, 0) is 26.0 Å².